The van der Waals surface area contributed by atoms with Crippen molar-refractivity contribution in [2.45, 2.75) is 6.04 Å². The van der Waals surface area contributed by atoms with Crippen LogP contribution in [0.1, 0.15) is 17.2 Å². The van der Waals surface area contributed by atoms with Gasteiger partial charge in [0.1, 0.15) is 17.4 Å². The highest BCUT2D eigenvalue weighted by atomic mass is 35.5. The molecule has 1 aliphatic heterocycles. The van der Waals surface area contributed by atoms with Gasteiger partial charge in [0.05, 0.1) is 11.6 Å². The van der Waals surface area contributed by atoms with Crippen molar-refractivity contribution in [1.29, 1.82) is 0 Å². The second kappa shape index (κ2) is 7.72. The third-order valence-electron chi connectivity index (χ3n) is 4.83. The summed E-state index contributed by atoms with van der Waals surface area (Å²) in [7, 11) is 0. The molecule has 3 aromatic carbocycles. The smallest absolute Gasteiger partial charge is 0.300 e. The molecule has 0 aromatic heterocycles. The van der Waals surface area contributed by atoms with Gasteiger partial charge < -0.3 is 5.11 Å². The molecule has 150 valence electrons. The van der Waals surface area contributed by atoms with Crippen molar-refractivity contribution in [1.82, 2.24) is 0 Å². The van der Waals surface area contributed by atoms with Gasteiger partial charge in [0.2, 0.25) is 0 Å². The maximum atomic E-state index is 14.0. The molecule has 3 aromatic rings. The average molecular weight is 426 g/mol. The quantitative estimate of drug-likeness (QED) is 0.354. The minimum absolute atomic E-state index is 0.197. The number of carbonyl (C=O) groups excluding carboxylic acids is 2. The number of nitrogens with zero attached hydrogens (tertiary/aromatic N) is 1. The molecular formula is C23H14ClF2NO3. The first kappa shape index (κ1) is 19.8. The van der Waals surface area contributed by atoms with Crippen molar-refractivity contribution in [3.63, 3.8) is 0 Å². The van der Waals surface area contributed by atoms with Gasteiger partial charge in [-0.1, -0.05) is 23.7 Å². The van der Waals surface area contributed by atoms with Crippen LogP contribution in [0.2, 0.25) is 5.02 Å². The molecule has 1 aliphatic rings. The zero-order valence-electron chi connectivity index (χ0n) is 15.4. The Bertz CT molecular complexity index is 1170. The first-order valence-electron chi connectivity index (χ1n) is 8.95. The molecule has 0 saturated carbocycles. The molecule has 1 unspecified atom stereocenters. The van der Waals surface area contributed by atoms with Crippen LogP contribution < -0.4 is 4.90 Å². The second-order valence-corrected chi connectivity index (χ2v) is 7.14. The topological polar surface area (TPSA) is 57.6 Å². The highest BCUT2D eigenvalue weighted by Crippen LogP contribution is 2.42. The second-order valence-electron chi connectivity index (χ2n) is 6.71. The molecule has 1 atom stereocenters. The number of hydrogen-bond donors (Lipinski definition) is 1. The minimum atomic E-state index is -1.10. The first-order valence-corrected chi connectivity index (χ1v) is 9.32. The molecule has 30 heavy (non-hydrogen) atoms. The number of benzene rings is 3. The molecule has 1 amide bonds. The van der Waals surface area contributed by atoms with Crippen LogP contribution in [-0.2, 0) is 9.59 Å². The predicted octanol–water partition coefficient (Wildman–Crippen LogP) is 5.24. The van der Waals surface area contributed by atoms with Crippen LogP contribution >= 0.6 is 11.6 Å². The van der Waals surface area contributed by atoms with E-state index < -0.39 is 35.1 Å². The summed E-state index contributed by atoms with van der Waals surface area (Å²) in [4.78, 5) is 26.9. The van der Waals surface area contributed by atoms with Crippen molar-refractivity contribution in [3.8, 4) is 0 Å². The fourth-order valence-electron chi connectivity index (χ4n) is 3.46. The molecule has 1 saturated heterocycles. The van der Waals surface area contributed by atoms with E-state index in [1.54, 1.807) is 6.07 Å². The minimum Gasteiger partial charge on any atom is -0.507 e. The van der Waals surface area contributed by atoms with Crippen molar-refractivity contribution in [3.05, 3.63) is 106 Å². The van der Waals surface area contributed by atoms with Crippen molar-refractivity contribution in [2.24, 2.45) is 0 Å². The first-order chi connectivity index (χ1) is 14.4. The van der Waals surface area contributed by atoms with Gasteiger partial charge in [-0.3, -0.25) is 14.5 Å². The third-order valence-corrected chi connectivity index (χ3v) is 5.08. The monoisotopic (exact) mass is 425 g/mol. The van der Waals surface area contributed by atoms with Crippen LogP contribution in [0.25, 0.3) is 5.76 Å². The molecule has 4 nitrogen and oxygen atoms in total. The molecule has 4 rings (SSSR count). The van der Waals surface area contributed by atoms with Crippen LogP contribution in [0.3, 0.4) is 0 Å². The van der Waals surface area contributed by atoms with Gasteiger partial charge in [0.15, 0.2) is 0 Å². The highest BCUT2D eigenvalue weighted by molar-refractivity contribution is 6.51. The maximum absolute atomic E-state index is 14.0. The fourth-order valence-corrected chi connectivity index (χ4v) is 3.58. The van der Waals surface area contributed by atoms with Gasteiger partial charge in [0, 0.05) is 16.3 Å². The van der Waals surface area contributed by atoms with E-state index >= 15 is 0 Å². The fraction of sp³-hybridized carbons (Fsp3) is 0.0435. The maximum Gasteiger partial charge on any atom is 0.300 e. The number of ketones is 1. The summed E-state index contributed by atoms with van der Waals surface area (Å²) in [6.07, 6.45) is 0. The van der Waals surface area contributed by atoms with Crippen LogP contribution in [-0.4, -0.2) is 16.8 Å². The van der Waals surface area contributed by atoms with E-state index in [0.29, 0.717) is 5.02 Å². The molecule has 7 heteroatoms. The van der Waals surface area contributed by atoms with Crippen molar-refractivity contribution >= 4 is 34.7 Å². The van der Waals surface area contributed by atoms with Gasteiger partial charge in [-0.25, -0.2) is 8.78 Å². The van der Waals surface area contributed by atoms with Gasteiger partial charge in [-0.15, -0.1) is 0 Å². The van der Waals surface area contributed by atoms with E-state index in [-0.39, 0.29) is 22.4 Å². The summed E-state index contributed by atoms with van der Waals surface area (Å²) in [5, 5.41) is 11.3. The number of aliphatic hydroxyl groups is 1. The number of hydrogen-bond acceptors (Lipinski definition) is 3. The van der Waals surface area contributed by atoms with Crippen LogP contribution in [0.5, 0.6) is 0 Å². The molecule has 1 heterocycles. The molecule has 0 bridgehead atoms. The van der Waals surface area contributed by atoms with E-state index in [1.807, 2.05) is 0 Å². The number of halogens is 3. The number of amides is 1. The van der Waals surface area contributed by atoms with E-state index in [9.17, 15) is 23.5 Å². The Hall–Kier alpha value is -3.51. The molecule has 0 spiro atoms. The van der Waals surface area contributed by atoms with Crippen molar-refractivity contribution < 1.29 is 23.5 Å². The molecule has 0 aliphatic carbocycles. The summed E-state index contributed by atoms with van der Waals surface area (Å²) in [5.41, 5.74) is 0.604. The Morgan fingerprint density at radius 2 is 1.57 bits per heavy atom. The SMILES string of the molecule is O=C1C(=O)N(c2ccc(F)cc2)C(c2cccc(F)c2)C1=C(O)c1ccc(Cl)cc1. The predicted molar refractivity (Wildman–Crippen MR) is 109 cm³/mol. The van der Waals surface area contributed by atoms with E-state index in [1.165, 1.54) is 54.6 Å². The number of carbonyl (C=O) groups is 2. The standard InChI is InChI=1S/C23H14ClF2NO3/c24-15-6-4-13(5-7-15)21(28)19-20(14-2-1-3-17(26)12-14)27(23(30)22(19)29)18-10-8-16(25)9-11-18/h1-12,20,28H. The number of aliphatic hydroxyl groups excluding tert-OH is 1. The molecule has 1 fully saturated rings. The van der Waals surface area contributed by atoms with Gasteiger partial charge >= 0.3 is 0 Å². The van der Waals surface area contributed by atoms with Gasteiger partial charge in [-0.2, -0.15) is 0 Å². The Kier molecular flexibility index (Phi) is 5.10. The number of anilines is 1. The Balaban J connectivity index is 1.95. The van der Waals surface area contributed by atoms with E-state index in [2.05, 4.69) is 0 Å². The largest absolute Gasteiger partial charge is 0.507 e. The lowest BCUT2D eigenvalue weighted by molar-refractivity contribution is -0.132. The zero-order valence-corrected chi connectivity index (χ0v) is 16.1. The molecule has 0 radical (unpaired) electrons. The van der Waals surface area contributed by atoms with Crippen LogP contribution in [0.4, 0.5) is 14.5 Å². The summed E-state index contributed by atoms with van der Waals surface area (Å²) >= 11 is 5.89. The van der Waals surface area contributed by atoms with Gasteiger partial charge in [-0.05, 0) is 66.2 Å². The van der Waals surface area contributed by atoms with E-state index in [0.717, 1.165) is 17.0 Å². The molecular weight excluding hydrogens is 412 g/mol. The third kappa shape index (κ3) is 3.46. The summed E-state index contributed by atoms with van der Waals surface area (Å²) in [5.74, 6) is -3.33. The summed E-state index contributed by atoms with van der Waals surface area (Å²) in [6.45, 7) is 0. The van der Waals surface area contributed by atoms with Gasteiger partial charge in [0.25, 0.3) is 11.7 Å². The van der Waals surface area contributed by atoms with Crippen molar-refractivity contribution in [2.75, 3.05) is 4.90 Å². The Morgan fingerprint density at radius 1 is 0.900 bits per heavy atom. The lowest BCUT2D eigenvalue weighted by Gasteiger charge is -2.25. The summed E-state index contributed by atoms with van der Waals surface area (Å²) < 4.78 is 27.4. The number of Topliss-reactive ketones (excluding diaryl/α,β-unsaturated/α-hetero) is 1. The van der Waals surface area contributed by atoms with Crippen LogP contribution in [0.15, 0.2) is 78.4 Å². The Labute approximate surface area is 175 Å². The normalized spacial score (nSPS) is 18.1. The summed E-state index contributed by atoms with van der Waals surface area (Å²) in [6, 6.07) is 15.4. The highest BCUT2D eigenvalue weighted by Gasteiger charge is 2.47. The average Bonchev–Trinajstić information content (AvgIpc) is 3.00. The number of rotatable bonds is 3. The zero-order chi connectivity index (χ0) is 21.4. The van der Waals surface area contributed by atoms with Crippen LogP contribution in [0, 0.1) is 11.6 Å². The Morgan fingerprint density at radius 3 is 2.20 bits per heavy atom. The lowest BCUT2D eigenvalue weighted by Crippen LogP contribution is -2.29. The lowest BCUT2D eigenvalue weighted by atomic mass is 9.95. The van der Waals surface area contributed by atoms with E-state index in [4.69, 9.17) is 11.6 Å². The molecule has 1 N–H and O–H groups in total.